The van der Waals surface area contributed by atoms with Gasteiger partial charge in [0.15, 0.2) is 0 Å². The molecule has 132 valence electrons. The normalized spacial score (nSPS) is 11.1. The number of primary sulfonamides is 1. The van der Waals surface area contributed by atoms with Crippen LogP contribution >= 0.6 is 0 Å². The molecule has 0 saturated heterocycles. The largest absolute Gasteiger partial charge is 0.238 e. The molecule has 0 unspecified atom stereocenters. The molecule has 0 spiro atoms. The van der Waals surface area contributed by atoms with Gasteiger partial charge in [0.1, 0.15) is 11.5 Å². The van der Waals surface area contributed by atoms with Crippen molar-refractivity contribution >= 4 is 10.0 Å². The van der Waals surface area contributed by atoms with Crippen LogP contribution in [0.25, 0.3) is 22.4 Å². The summed E-state index contributed by atoms with van der Waals surface area (Å²) in [7, 11) is -3.78. The summed E-state index contributed by atoms with van der Waals surface area (Å²) < 4.78 is 38.3. The summed E-state index contributed by atoms with van der Waals surface area (Å²) in [6.07, 6.45) is 1.71. The van der Waals surface area contributed by atoms with Crippen molar-refractivity contribution in [1.82, 2.24) is 9.78 Å². The van der Waals surface area contributed by atoms with Crippen molar-refractivity contribution in [3.05, 3.63) is 60.0 Å². The van der Waals surface area contributed by atoms with Gasteiger partial charge in [-0.2, -0.15) is 9.78 Å². The first-order chi connectivity index (χ1) is 12.3. The molecule has 3 aromatic rings. The maximum atomic E-state index is 14.0. The van der Waals surface area contributed by atoms with E-state index in [0.717, 1.165) is 0 Å². The van der Waals surface area contributed by atoms with Crippen molar-refractivity contribution in [1.29, 1.82) is 0 Å². The lowest BCUT2D eigenvalue weighted by Gasteiger charge is -2.05. The first kappa shape index (κ1) is 17.9. The fourth-order valence-electron chi connectivity index (χ4n) is 2.53. The summed E-state index contributed by atoms with van der Waals surface area (Å²) in [5.74, 6) is 2.44. The van der Waals surface area contributed by atoms with Crippen LogP contribution in [0.15, 0.2) is 53.6 Å². The Balaban J connectivity index is 2.16. The van der Waals surface area contributed by atoms with Crippen molar-refractivity contribution in [3.63, 3.8) is 0 Å². The lowest BCUT2D eigenvalue weighted by molar-refractivity contribution is 0.598. The van der Waals surface area contributed by atoms with Gasteiger partial charge in [-0.3, -0.25) is 0 Å². The lowest BCUT2D eigenvalue weighted by atomic mass is 10.0. The average molecular weight is 369 g/mol. The van der Waals surface area contributed by atoms with Gasteiger partial charge >= 0.3 is 0 Å². The van der Waals surface area contributed by atoms with Gasteiger partial charge in [-0.05, 0) is 43.2 Å². The topological polar surface area (TPSA) is 78.0 Å². The number of halogens is 1. The Labute approximate surface area is 151 Å². The van der Waals surface area contributed by atoms with Gasteiger partial charge in [-0.1, -0.05) is 30.2 Å². The molecule has 0 aliphatic carbocycles. The second-order valence-corrected chi connectivity index (χ2v) is 7.29. The van der Waals surface area contributed by atoms with Crippen LogP contribution < -0.4 is 5.14 Å². The van der Waals surface area contributed by atoms with Gasteiger partial charge in [-0.15, -0.1) is 0 Å². The van der Waals surface area contributed by atoms with E-state index in [1.165, 1.54) is 22.9 Å². The molecule has 5 nitrogen and oxygen atoms in total. The standard InChI is InChI=1S/C19H16FN3O2S/c1-3-10-23-12-17(15-5-4-13(2)18(20)11-15)19(22-23)14-6-8-16(9-7-14)26(21,24)25/h4-9,11-12H,1-2H3,(H2,21,24,25). The second kappa shape index (κ2) is 6.75. The number of nitrogens with zero attached hydrogens (tertiary/aromatic N) is 2. The highest BCUT2D eigenvalue weighted by Gasteiger charge is 2.15. The lowest BCUT2D eigenvalue weighted by Crippen LogP contribution is -2.11. The van der Waals surface area contributed by atoms with Gasteiger partial charge < -0.3 is 0 Å². The van der Waals surface area contributed by atoms with E-state index in [9.17, 15) is 12.8 Å². The van der Waals surface area contributed by atoms with E-state index in [0.29, 0.717) is 27.9 Å². The van der Waals surface area contributed by atoms with Crippen molar-refractivity contribution in [3.8, 4) is 34.3 Å². The van der Waals surface area contributed by atoms with Gasteiger partial charge in [-0.25, -0.2) is 17.9 Å². The Kier molecular flexibility index (Phi) is 4.64. The number of aromatic nitrogens is 2. The van der Waals surface area contributed by atoms with Gasteiger partial charge in [0.2, 0.25) is 10.0 Å². The Morgan fingerprint density at radius 1 is 1.12 bits per heavy atom. The van der Waals surface area contributed by atoms with Crippen LogP contribution in [0.1, 0.15) is 12.5 Å². The molecule has 0 radical (unpaired) electrons. The van der Waals surface area contributed by atoms with E-state index in [4.69, 9.17) is 5.14 Å². The summed E-state index contributed by atoms with van der Waals surface area (Å²) in [6.45, 7) is 3.38. The van der Waals surface area contributed by atoms with Gasteiger partial charge in [0.25, 0.3) is 0 Å². The fourth-order valence-corrected chi connectivity index (χ4v) is 3.05. The Bertz CT molecular complexity index is 1140. The predicted molar refractivity (Wildman–Crippen MR) is 98.0 cm³/mol. The molecule has 2 N–H and O–H groups in total. The molecule has 7 heteroatoms. The minimum absolute atomic E-state index is 0.0111. The number of nitrogens with two attached hydrogens (primary N) is 1. The van der Waals surface area contributed by atoms with Crippen LogP contribution in [0.3, 0.4) is 0 Å². The Hall–Kier alpha value is -2.95. The summed E-state index contributed by atoms with van der Waals surface area (Å²) in [5, 5.41) is 9.56. The quantitative estimate of drug-likeness (QED) is 0.721. The molecule has 0 fully saturated rings. The van der Waals surface area contributed by atoms with Crippen LogP contribution in [0.4, 0.5) is 4.39 Å². The number of hydrogen-bond acceptors (Lipinski definition) is 3. The summed E-state index contributed by atoms with van der Waals surface area (Å²) in [5.41, 5.74) is 3.13. The molecule has 0 saturated carbocycles. The highest BCUT2D eigenvalue weighted by Crippen LogP contribution is 2.32. The highest BCUT2D eigenvalue weighted by molar-refractivity contribution is 7.89. The monoisotopic (exact) mass is 369 g/mol. The zero-order chi connectivity index (χ0) is 18.9. The van der Waals surface area contributed by atoms with Crippen molar-refractivity contribution in [2.45, 2.75) is 18.7 Å². The first-order valence-electron chi connectivity index (χ1n) is 7.72. The van der Waals surface area contributed by atoms with Crippen LogP contribution in [-0.4, -0.2) is 18.2 Å². The second-order valence-electron chi connectivity index (χ2n) is 5.73. The van der Waals surface area contributed by atoms with E-state index in [1.807, 2.05) is 0 Å². The first-order valence-corrected chi connectivity index (χ1v) is 9.26. The third kappa shape index (κ3) is 3.52. The molecular weight excluding hydrogens is 353 g/mol. The van der Waals surface area contributed by atoms with Crippen molar-refractivity contribution in [2.24, 2.45) is 5.14 Å². The molecule has 0 amide bonds. The average Bonchev–Trinajstić information content (AvgIpc) is 3.01. The van der Waals surface area contributed by atoms with Gasteiger partial charge in [0.05, 0.1) is 4.90 Å². The minimum atomic E-state index is -3.78. The summed E-state index contributed by atoms with van der Waals surface area (Å²) in [4.78, 5) is 0.0111. The van der Waals surface area contributed by atoms with Crippen molar-refractivity contribution < 1.29 is 12.8 Å². The van der Waals surface area contributed by atoms with E-state index < -0.39 is 10.0 Å². The molecule has 0 bridgehead atoms. The maximum Gasteiger partial charge on any atom is 0.238 e. The SMILES string of the molecule is CC#Cn1cc(-c2ccc(C)c(F)c2)c(-c2ccc(S(N)(=O)=O)cc2)n1. The van der Waals surface area contributed by atoms with E-state index in [-0.39, 0.29) is 10.7 Å². The van der Waals surface area contributed by atoms with Crippen LogP contribution in [0.2, 0.25) is 0 Å². The molecule has 1 aromatic heterocycles. The predicted octanol–water partition coefficient (Wildman–Crippen LogP) is 3.14. The molecule has 1 heterocycles. The van der Waals surface area contributed by atoms with Crippen molar-refractivity contribution in [2.75, 3.05) is 0 Å². The molecular formula is C19H16FN3O2S. The minimum Gasteiger partial charge on any atom is -0.225 e. The van der Waals surface area contributed by atoms with Crippen LogP contribution in [-0.2, 0) is 10.0 Å². The van der Waals surface area contributed by atoms with E-state index >= 15 is 0 Å². The summed E-state index contributed by atoms with van der Waals surface area (Å²) in [6, 6.07) is 13.8. The molecule has 0 aliphatic rings. The van der Waals surface area contributed by atoms with Crippen LogP contribution in [0, 0.1) is 24.7 Å². The maximum absolute atomic E-state index is 14.0. The third-order valence-electron chi connectivity index (χ3n) is 3.88. The number of aryl methyl sites for hydroxylation is 1. The zero-order valence-electron chi connectivity index (χ0n) is 14.2. The molecule has 26 heavy (non-hydrogen) atoms. The highest BCUT2D eigenvalue weighted by atomic mass is 32.2. The van der Waals surface area contributed by atoms with E-state index in [1.54, 1.807) is 44.3 Å². The van der Waals surface area contributed by atoms with Crippen LogP contribution in [0.5, 0.6) is 0 Å². The molecule has 2 aromatic carbocycles. The summed E-state index contributed by atoms with van der Waals surface area (Å²) >= 11 is 0. The number of hydrogen-bond donors (Lipinski definition) is 1. The fraction of sp³-hybridized carbons (Fsp3) is 0.105. The third-order valence-corrected chi connectivity index (χ3v) is 4.81. The Morgan fingerprint density at radius 2 is 1.77 bits per heavy atom. The molecule has 3 rings (SSSR count). The number of sulfonamides is 1. The number of rotatable bonds is 3. The Morgan fingerprint density at radius 3 is 2.35 bits per heavy atom. The van der Waals surface area contributed by atoms with Gasteiger partial charge in [0, 0.05) is 23.4 Å². The zero-order valence-corrected chi connectivity index (χ0v) is 15.0. The smallest absolute Gasteiger partial charge is 0.225 e. The molecule has 0 aliphatic heterocycles. The number of benzene rings is 2. The van der Waals surface area contributed by atoms with E-state index in [2.05, 4.69) is 17.1 Å². The molecule has 0 atom stereocenters.